The van der Waals surface area contributed by atoms with E-state index in [2.05, 4.69) is 5.32 Å². The number of nitrogens with one attached hydrogen (secondary N) is 1. The van der Waals surface area contributed by atoms with Crippen molar-refractivity contribution in [2.24, 2.45) is 0 Å². The first kappa shape index (κ1) is 15.4. The fourth-order valence-electron chi connectivity index (χ4n) is 1.53. The molecular formula is C15H20FNO2. The second kappa shape index (κ2) is 7.69. The van der Waals surface area contributed by atoms with Gasteiger partial charge in [0, 0.05) is 6.54 Å². The molecule has 0 unspecified atom stereocenters. The van der Waals surface area contributed by atoms with E-state index in [9.17, 15) is 9.18 Å². The normalized spacial score (nSPS) is 12.6. The van der Waals surface area contributed by atoms with E-state index in [1.807, 2.05) is 13.8 Å². The van der Waals surface area contributed by atoms with Crippen LogP contribution in [0.4, 0.5) is 4.39 Å². The van der Waals surface area contributed by atoms with Gasteiger partial charge in [-0.25, -0.2) is 4.39 Å². The van der Waals surface area contributed by atoms with Crippen LogP contribution in [0, 0.1) is 5.82 Å². The van der Waals surface area contributed by atoms with Crippen molar-refractivity contribution >= 4 is 11.9 Å². The van der Waals surface area contributed by atoms with Crippen molar-refractivity contribution in [3.8, 4) is 5.75 Å². The van der Waals surface area contributed by atoms with Crippen LogP contribution in [0.2, 0.25) is 0 Å². The number of ether oxygens (including phenoxy) is 1. The second-order valence-electron chi connectivity index (χ2n) is 4.37. The number of carbonyl (C=O) groups excluding carboxylic acids is 1. The summed E-state index contributed by atoms with van der Waals surface area (Å²) in [5.74, 6) is -0.244. The van der Waals surface area contributed by atoms with Crippen LogP contribution in [0.5, 0.6) is 5.75 Å². The fourth-order valence-corrected chi connectivity index (χ4v) is 1.53. The first-order valence-corrected chi connectivity index (χ1v) is 6.38. The molecular weight excluding hydrogens is 245 g/mol. The summed E-state index contributed by atoms with van der Waals surface area (Å²) in [6.07, 6.45) is 2.96. The van der Waals surface area contributed by atoms with Gasteiger partial charge in [-0.15, -0.1) is 0 Å². The lowest BCUT2D eigenvalue weighted by atomic mass is 10.2. The smallest absolute Gasteiger partial charge is 0.165 e. The summed E-state index contributed by atoms with van der Waals surface area (Å²) in [5, 5.41) is 3.14. The van der Waals surface area contributed by atoms with E-state index >= 15 is 0 Å². The number of allylic oxidation sites excluding steroid dienone is 1. The molecule has 3 nitrogen and oxygen atoms in total. The molecule has 0 aliphatic heterocycles. The monoisotopic (exact) mass is 265 g/mol. The number of hydrogen-bond donors (Lipinski definition) is 1. The summed E-state index contributed by atoms with van der Waals surface area (Å²) < 4.78 is 19.2. The summed E-state index contributed by atoms with van der Waals surface area (Å²) in [4.78, 5) is 10.9. The van der Waals surface area contributed by atoms with Crippen LogP contribution in [0.3, 0.4) is 0 Å². The van der Waals surface area contributed by atoms with E-state index in [-0.39, 0.29) is 17.6 Å². The number of carbonyl (C=O) groups is 1. The van der Waals surface area contributed by atoms with Crippen molar-refractivity contribution < 1.29 is 13.9 Å². The van der Waals surface area contributed by atoms with E-state index in [1.165, 1.54) is 19.1 Å². The Hall–Kier alpha value is -1.68. The van der Waals surface area contributed by atoms with Crippen LogP contribution in [-0.4, -0.2) is 25.0 Å². The Balaban J connectivity index is 2.76. The van der Waals surface area contributed by atoms with E-state index in [4.69, 9.17) is 4.74 Å². The SMILES string of the molecule is CCNC[C@H](C)Oc1cc(/C=C/C(C)=O)ccc1F. The molecule has 0 aromatic heterocycles. The number of likely N-dealkylation sites (N-methyl/N-ethyl adjacent to an activating group) is 1. The van der Waals surface area contributed by atoms with Crippen molar-refractivity contribution in [2.75, 3.05) is 13.1 Å². The van der Waals surface area contributed by atoms with Gasteiger partial charge in [0.05, 0.1) is 0 Å². The van der Waals surface area contributed by atoms with Crippen LogP contribution in [0.25, 0.3) is 6.08 Å². The number of benzene rings is 1. The zero-order valence-corrected chi connectivity index (χ0v) is 11.6. The quantitative estimate of drug-likeness (QED) is 0.770. The van der Waals surface area contributed by atoms with Gasteiger partial charge in [0.2, 0.25) is 0 Å². The van der Waals surface area contributed by atoms with E-state index in [0.717, 1.165) is 12.1 Å². The third-order valence-corrected chi connectivity index (χ3v) is 2.48. The van der Waals surface area contributed by atoms with Gasteiger partial charge in [0.1, 0.15) is 6.10 Å². The first-order chi connectivity index (χ1) is 9.02. The van der Waals surface area contributed by atoms with E-state index in [1.54, 1.807) is 18.2 Å². The lowest BCUT2D eigenvalue weighted by Gasteiger charge is -2.15. The van der Waals surface area contributed by atoms with Crippen LogP contribution in [-0.2, 0) is 4.79 Å². The molecule has 0 saturated heterocycles. The molecule has 1 aromatic carbocycles. The Morgan fingerprint density at radius 1 is 1.53 bits per heavy atom. The minimum Gasteiger partial charge on any atom is -0.486 e. The van der Waals surface area contributed by atoms with Gasteiger partial charge in [-0.1, -0.05) is 19.1 Å². The molecule has 104 valence electrons. The fraction of sp³-hybridized carbons (Fsp3) is 0.400. The highest BCUT2D eigenvalue weighted by Crippen LogP contribution is 2.20. The summed E-state index contributed by atoms with van der Waals surface area (Å²) in [5.41, 5.74) is 0.738. The van der Waals surface area contributed by atoms with Gasteiger partial charge in [-0.05, 0) is 44.2 Å². The van der Waals surface area contributed by atoms with Crippen LogP contribution in [0.15, 0.2) is 24.3 Å². The number of rotatable bonds is 7. The molecule has 0 spiro atoms. The molecule has 1 rings (SSSR count). The Bertz CT molecular complexity index is 457. The van der Waals surface area contributed by atoms with Crippen LogP contribution < -0.4 is 10.1 Å². The van der Waals surface area contributed by atoms with Gasteiger partial charge in [-0.3, -0.25) is 4.79 Å². The average Bonchev–Trinajstić information content (AvgIpc) is 2.37. The molecule has 19 heavy (non-hydrogen) atoms. The lowest BCUT2D eigenvalue weighted by molar-refractivity contribution is -0.112. The molecule has 0 amide bonds. The number of hydrogen-bond acceptors (Lipinski definition) is 3. The average molecular weight is 265 g/mol. The van der Waals surface area contributed by atoms with Gasteiger partial charge in [0.25, 0.3) is 0 Å². The van der Waals surface area contributed by atoms with Gasteiger partial charge in [0.15, 0.2) is 17.3 Å². The largest absolute Gasteiger partial charge is 0.486 e. The maximum absolute atomic E-state index is 13.6. The van der Waals surface area contributed by atoms with E-state index in [0.29, 0.717) is 6.54 Å². The number of ketones is 1. The molecule has 0 fully saturated rings. The summed E-state index contributed by atoms with van der Waals surface area (Å²) >= 11 is 0. The predicted octanol–water partition coefficient (Wildman–Crippen LogP) is 2.80. The summed E-state index contributed by atoms with van der Waals surface area (Å²) in [7, 11) is 0. The maximum Gasteiger partial charge on any atom is 0.165 e. The van der Waals surface area contributed by atoms with Crippen molar-refractivity contribution in [3.05, 3.63) is 35.7 Å². The molecule has 4 heteroatoms. The molecule has 0 aliphatic rings. The van der Waals surface area contributed by atoms with Gasteiger partial charge < -0.3 is 10.1 Å². The van der Waals surface area contributed by atoms with Crippen molar-refractivity contribution in [3.63, 3.8) is 0 Å². The molecule has 1 aromatic rings. The Labute approximate surface area is 113 Å². The third-order valence-electron chi connectivity index (χ3n) is 2.48. The summed E-state index contributed by atoms with van der Waals surface area (Å²) in [6.45, 7) is 6.84. The maximum atomic E-state index is 13.6. The molecule has 1 N–H and O–H groups in total. The Kier molecular flexibility index (Phi) is 6.22. The lowest BCUT2D eigenvalue weighted by Crippen LogP contribution is -2.28. The Morgan fingerprint density at radius 2 is 2.26 bits per heavy atom. The molecule has 1 atom stereocenters. The highest BCUT2D eigenvalue weighted by molar-refractivity contribution is 5.91. The zero-order chi connectivity index (χ0) is 14.3. The third kappa shape index (κ3) is 5.66. The summed E-state index contributed by atoms with van der Waals surface area (Å²) in [6, 6.07) is 4.54. The van der Waals surface area contributed by atoms with Crippen molar-refractivity contribution in [1.29, 1.82) is 0 Å². The molecule has 0 aliphatic carbocycles. The molecule has 0 bridgehead atoms. The van der Waals surface area contributed by atoms with Crippen LogP contribution in [0.1, 0.15) is 26.3 Å². The van der Waals surface area contributed by atoms with Crippen LogP contribution >= 0.6 is 0 Å². The predicted molar refractivity (Wildman–Crippen MR) is 74.7 cm³/mol. The van der Waals surface area contributed by atoms with Crippen molar-refractivity contribution in [1.82, 2.24) is 5.32 Å². The standard InChI is InChI=1S/C15H20FNO2/c1-4-17-10-12(3)19-15-9-13(6-5-11(2)18)7-8-14(15)16/h5-9,12,17H,4,10H2,1-3H3/b6-5+/t12-/m0/s1. The molecule has 0 saturated carbocycles. The minimum atomic E-state index is -0.400. The topological polar surface area (TPSA) is 38.3 Å². The zero-order valence-electron chi connectivity index (χ0n) is 11.6. The first-order valence-electron chi connectivity index (χ1n) is 6.38. The minimum absolute atomic E-state index is 0.0488. The highest BCUT2D eigenvalue weighted by atomic mass is 19.1. The van der Waals surface area contributed by atoms with Gasteiger partial charge in [-0.2, -0.15) is 0 Å². The molecule has 0 radical (unpaired) electrons. The Morgan fingerprint density at radius 3 is 2.89 bits per heavy atom. The molecule has 0 heterocycles. The van der Waals surface area contributed by atoms with Crippen molar-refractivity contribution in [2.45, 2.75) is 26.9 Å². The van der Waals surface area contributed by atoms with Gasteiger partial charge >= 0.3 is 0 Å². The highest BCUT2D eigenvalue weighted by Gasteiger charge is 2.08. The second-order valence-corrected chi connectivity index (χ2v) is 4.37. The number of halogens is 1. The van der Waals surface area contributed by atoms with E-state index < -0.39 is 5.82 Å².